The van der Waals surface area contributed by atoms with Crippen molar-refractivity contribution in [1.29, 1.82) is 0 Å². The molecule has 0 bridgehead atoms. The van der Waals surface area contributed by atoms with Gasteiger partial charge in [-0.2, -0.15) is 0 Å². The fraction of sp³-hybridized carbons (Fsp3) is 0. The second-order valence-corrected chi connectivity index (χ2v) is 2.31. The quantitative estimate of drug-likeness (QED) is 0.562. The summed E-state index contributed by atoms with van der Waals surface area (Å²) < 4.78 is 0. The van der Waals surface area contributed by atoms with Gasteiger partial charge in [-0.25, -0.2) is 0 Å². The molecule has 1 heterocycles. The summed E-state index contributed by atoms with van der Waals surface area (Å²) in [5.41, 5.74) is 4.42. The Hall–Kier alpha value is 1.62. The van der Waals surface area contributed by atoms with Crippen molar-refractivity contribution in [1.82, 2.24) is 0 Å². The van der Waals surface area contributed by atoms with Crippen molar-refractivity contribution in [3.63, 3.8) is 0 Å². The first kappa shape index (κ1) is 8.62. The predicted molar refractivity (Wildman–Crippen MR) is 34.9 cm³/mol. The van der Waals surface area contributed by atoms with Crippen LogP contribution in [0.4, 0.5) is 0 Å². The fourth-order valence-corrected chi connectivity index (χ4v) is 1.03. The topological polar surface area (TPSA) is 0 Å². The van der Waals surface area contributed by atoms with Crippen LogP contribution >= 0.6 is 0 Å². The van der Waals surface area contributed by atoms with E-state index >= 15 is 0 Å². The summed E-state index contributed by atoms with van der Waals surface area (Å²) >= 11 is 0. The van der Waals surface area contributed by atoms with Crippen LogP contribution in [0.1, 0.15) is 0 Å². The maximum absolute atomic E-state index is 2.21. The van der Waals surface area contributed by atoms with E-state index in [1.165, 1.54) is 0 Å². The van der Waals surface area contributed by atoms with Crippen LogP contribution in [0, 0.1) is 0 Å². The fourth-order valence-electron chi connectivity index (χ4n) is 0.385. The Bertz CT molecular complexity index is 80.0. The van der Waals surface area contributed by atoms with Crippen LogP contribution in [0.5, 0.6) is 0 Å². The van der Waals surface area contributed by atoms with E-state index in [2.05, 4.69) is 29.6 Å². The Balaban J connectivity index is 0.000000360. The number of rotatable bonds is 0. The van der Waals surface area contributed by atoms with Gasteiger partial charge in [-0.15, -0.1) is 0 Å². The zero-order valence-electron chi connectivity index (χ0n) is 4.46. The van der Waals surface area contributed by atoms with Gasteiger partial charge in [0.1, 0.15) is 0 Å². The van der Waals surface area contributed by atoms with E-state index in [-0.39, 0.29) is 68.9 Å². The summed E-state index contributed by atoms with van der Waals surface area (Å²) in [4.78, 5) is 0. The zero-order chi connectivity index (χ0) is 4.24. The van der Waals surface area contributed by atoms with Gasteiger partial charge in [0.15, 0.2) is 0 Å². The smallest absolute Gasteiger partial charge is 0.0198 e. The molecule has 0 saturated heterocycles. The Labute approximate surface area is 105 Å². The van der Waals surface area contributed by atoms with Crippen LogP contribution in [-0.4, -0.2) is 78.0 Å². The first-order chi connectivity index (χ1) is 3.00. The van der Waals surface area contributed by atoms with E-state index < -0.39 is 0 Å². The van der Waals surface area contributed by atoms with Crippen molar-refractivity contribution in [3.8, 4) is 0 Å². The van der Waals surface area contributed by atoms with Crippen molar-refractivity contribution >= 4 is 78.0 Å². The molecule has 0 atom stereocenters. The molecule has 0 amide bonds. The summed E-state index contributed by atoms with van der Waals surface area (Å²) in [7, 11) is 0.513. The number of hydrogen-bond acceptors (Lipinski definition) is 0. The van der Waals surface area contributed by atoms with Crippen LogP contribution in [0.3, 0.4) is 0 Å². The third-order valence-corrected chi connectivity index (χ3v) is 1.56. The van der Waals surface area contributed by atoms with Gasteiger partial charge in [-0.05, 0) is 0 Å². The van der Waals surface area contributed by atoms with E-state index in [0.717, 1.165) is 0 Å². The van der Waals surface area contributed by atoms with Crippen LogP contribution in [0.25, 0.3) is 0 Å². The average Bonchev–Trinajstić information content (AvgIpc) is 1.72. The van der Waals surface area contributed by atoms with E-state index in [0.29, 0.717) is 9.12 Å². The molecule has 1 radical (unpaired) electrons. The van der Waals surface area contributed by atoms with Gasteiger partial charge >= 0.3 is 0 Å². The summed E-state index contributed by atoms with van der Waals surface area (Å²) in [6.07, 6.45) is 0. The van der Waals surface area contributed by atoms with Gasteiger partial charge in [0.2, 0.25) is 0 Å². The third-order valence-electron chi connectivity index (χ3n) is 0.667. The minimum atomic E-state index is 0. The first-order valence-electron chi connectivity index (χ1n) is 2.00. The molecule has 0 aromatic carbocycles. The van der Waals surface area contributed by atoms with Crippen molar-refractivity contribution in [2.24, 2.45) is 0 Å². The van der Waals surface area contributed by atoms with Crippen molar-refractivity contribution in [2.45, 2.75) is 0 Å². The normalized spacial score (nSPS) is 6.86. The third kappa shape index (κ3) is 4.14. The molecule has 0 fully saturated rings. The molecule has 2 heteroatoms. The van der Waals surface area contributed by atoms with Crippen LogP contribution in [0.15, 0.2) is 29.6 Å². The molecule has 1 aromatic heterocycles. The van der Waals surface area contributed by atoms with Gasteiger partial charge in [0.05, 0.1) is 0 Å². The molecule has 0 aliphatic carbocycles. The molecule has 1 rings (SSSR count). The Morgan fingerprint density at radius 2 is 1.43 bits per heavy atom. The van der Waals surface area contributed by atoms with Gasteiger partial charge in [0, 0.05) is 78.0 Å². The average molecular weight is 227 g/mol. The van der Waals surface area contributed by atoms with Crippen LogP contribution < -0.4 is 0 Å². The van der Waals surface area contributed by atoms with Crippen LogP contribution in [0.2, 0.25) is 0 Å². The standard InChI is InChI=1S/C5H6Si.Cs/c1-2-4-6-5-3-1;/h1-6H;. The maximum atomic E-state index is 2.21. The Morgan fingerprint density at radius 3 is 1.57 bits per heavy atom. The summed E-state index contributed by atoms with van der Waals surface area (Å²) in [6.45, 7) is 0. The number of hydrogen-bond donors (Lipinski definition) is 0. The largest absolute Gasteiger partial charge is 0.0805 e. The van der Waals surface area contributed by atoms with Gasteiger partial charge in [-0.3, -0.25) is 0 Å². The monoisotopic (exact) mass is 227 g/mol. The summed E-state index contributed by atoms with van der Waals surface area (Å²) in [5.74, 6) is 0. The van der Waals surface area contributed by atoms with Crippen molar-refractivity contribution < 1.29 is 0 Å². The minimum absolute atomic E-state index is 0. The molecule has 0 N–H and O–H groups in total. The SMILES string of the molecule is [Cs].c1cc[siH]cc1. The Kier molecular flexibility index (Phi) is 7.08. The molecule has 0 aliphatic heterocycles. The summed E-state index contributed by atoms with van der Waals surface area (Å²) in [6, 6.07) is 6.24. The Morgan fingerprint density at radius 1 is 0.857 bits per heavy atom. The van der Waals surface area contributed by atoms with E-state index in [1.54, 1.807) is 0 Å². The molecule has 31 valence electrons. The van der Waals surface area contributed by atoms with Gasteiger partial charge < -0.3 is 0 Å². The van der Waals surface area contributed by atoms with Crippen molar-refractivity contribution in [3.05, 3.63) is 29.6 Å². The molecule has 0 nitrogen and oxygen atoms in total. The summed E-state index contributed by atoms with van der Waals surface area (Å²) in [5, 5.41) is 0. The molecular formula is C5H6CsSi. The van der Waals surface area contributed by atoms with E-state index in [9.17, 15) is 0 Å². The molecule has 0 aliphatic rings. The van der Waals surface area contributed by atoms with E-state index in [4.69, 9.17) is 0 Å². The van der Waals surface area contributed by atoms with Gasteiger partial charge in [0.25, 0.3) is 0 Å². The molecule has 7 heavy (non-hydrogen) atoms. The van der Waals surface area contributed by atoms with Crippen LogP contribution in [-0.2, 0) is 0 Å². The van der Waals surface area contributed by atoms with Crippen molar-refractivity contribution in [2.75, 3.05) is 0 Å². The molecule has 1 aromatic rings. The molecule has 0 unspecified atom stereocenters. The predicted octanol–water partition coefficient (Wildman–Crippen LogP) is 0.376. The molecule has 0 spiro atoms. The second-order valence-electron chi connectivity index (χ2n) is 1.15. The first-order valence-corrected chi connectivity index (χ1v) is 3.33. The second kappa shape index (κ2) is 5.75. The van der Waals surface area contributed by atoms with E-state index in [1.807, 2.05) is 0 Å². The minimum Gasteiger partial charge on any atom is -0.0805 e. The van der Waals surface area contributed by atoms with Gasteiger partial charge in [-0.1, -0.05) is 29.6 Å². The maximum Gasteiger partial charge on any atom is 0.0198 e. The zero-order valence-corrected chi connectivity index (χ0v) is 11.9. The molecular weight excluding hydrogens is 221 g/mol. The molecule has 0 saturated carbocycles.